The Balaban J connectivity index is 1.46. The van der Waals surface area contributed by atoms with Crippen molar-refractivity contribution in [2.45, 2.75) is 32.7 Å². The lowest BCUT2D eigenvalue weighted by molar-refractivity contribution is -0.126. The number of hydrogen-bond donors (Lipinski definition) is 0. The molecule has 0 N–H and O–H groups in total. The molecule has 170 valence electrons. The van der Waals surface area contributed by atoms with Crippen LogP contribution in [0.25, 0.3) is 6.08 Å². The molecule has 1 saturated heterocycles. The summed E-state index contributed by atoms with van der Waals surface area (Å²) in [6, 6.07) is 17.5. The SMILES string of the molecule is CCOc1ccc(C2CCCN2C(=O)/C=C/c2csc(N(C(C)=O)c3ccccc3)n2)cc1. The van der Waals surface area contributed by atoms with Crippen LogP contribution in [0.2, 0.25) is 0 Å². The quantitative estimate of drug-likeness (QED) is 0.430. The number of likely N-dealkylation sites (tertiary alicyclic amines) is 1. The van der Waals surface area contributed by atoms with E-state index in [0.29, 0.717) is 17.4 Å². The van der Waals surface area contributed by atoms with E-state index in [1.165, 1.54) is 18.3 Å². The highest BCUT2D eigenvalue weighted by Crippen LogP contribution is 2.33. The molecule has 1 fully saturated rings. The van der Waals surface area contributed by atoms with Crippen molar-refractivity contribution in [1.82, 2.24) is 9.88 Å². The molecule has 6 nitrogen and oxygen atoms in total. The second kappa shape index (κ2) is 10.4. The zero-order valence-corrected chi connectivity index (χ0v) is 19.6. The number of aromatic nitrogens is 1. The molecular formula is C26H27N3O3S. The van der Waals surface area contributed by atoms with Gasteiger partial charge in [-0.1, -0.05) is 30.3 Å². The van der Waals surface area contributed by atoms with Crippen LogP contribution in [0.4, 0.5) is 10.8 Å². The minimum absolute atomic E-state index is 0.0348. The van der Waals surface area contributed by atoms with Gasteiger partial charge in [-0.25, -0.2) is 4.98 Å². The summed E-state index contributed by atoms with van der Waals surface area (Å²) in [5.41, 5.74) is 2.54. The summed E-state index contributed by atoms with van der Waals surface area (Å²) in [4.78, 5) is 33.2. The van der Waals surface area contributed by atoms with Crippen LogP contribution in [-0.2, 0) is 9.59 Å². The third kappa shape index (κ3) is 5.31. The molecule has 0 radical (unpaired) electrons. The second-order valence-corrected chi connectivity index (χ2v) is 8.61. The number of thiazole rings is 1. The Morgan fingerprint density at radius 2 is 1.94 bits per heavy atom. The number of nitrogens with zero attached hydrogens (tertiary/aromatic N) is 3. The van der Waals surface area contributed by atoms with E-state index in [9.17, 15) is 9.59 Å². The Morgan fingerprint density at radius 3 is 2.64 bits per heavy atom. The van der Waals surface area contributed by atoms with Crippen molar-refractivity contribution in [2.75, 3.05) is 18.1 Å². The molecule has 33 heavy (non-hydrogen) atoms. The van der Waals surface area contributed by atoms with Gasteiger partial charge in [-0.3, -0.25) is 14.5 Å². The maximum absolute atomic E-state index is 13.0. The first-order chi connectivity index (χ1) is 16.1. The van der Waals surface area contributed by atoms with Gasteiger partial charge in [-0.15, -0.1) is 11.3 Å². The second-order valence-electron chi connectivity index (χ2n) is 7.77. The van der Waals surface area contributed by atoms with Gasteiger partial charge in [0.15, 0.2) is 5.13 Å². The van der Waals surface area contributed by atoms with Crippen molar-refractivity contribution in [3.8, 4) is 5.75 Å². The Kier molecular flexibility index (Phi) is 7.19. The maximum atomic E-state index is 13.0. The fraction of sp³-hybridized carbons (Fsp3) is 0.269. The minimum Gasteiger partial charge on any atom is -0.494 e. The monoisotopic (exact) mass is 461 g/mol. The fourth-order valence-electron chi connectivity index (χ4n) is 4.04. The first-order valence-corrected chi connectivity index (χ1v) is 12.0. The molecule has 7 heteroatoms. The van der Waals surface area contributed by atoms with Crippen LogP contribution in [0.5, 0.6) is 5.75 Å². The Bertz CT molecular complexity index is 1130. The third-order valence-corrected chi connectivity index (χ3v) is 6.38. The van der Waals surface area contributed by atoms with Crippen LogP contribution in [0.1, 0.15) is 44.0 Å². The van der Waals surface area contributed by atoms with Crippen LogP contribution in [0, 0.1) is 0 Å². The molecule has 1 aromatic heterocycles. The van der Waals surface area contributed by atoms with Gasteiger partial charge in [0, 0.05) is 24.9 Å². The van der Waals surface area contributed by atoms with Crippen LogP contribution < -0.4 is 9.64 Å². The number of ether oxygens (including phenoxy) is 1. The zero-order valence-electron chi connectivity index (χ0n) is 18.8. The molecule has 1 aliphatic heterocycles. The van der Waals surface area contributed by atoms with E-state index in [2.05, 4.69) is 4.98 Å². The molecular weight excluding hydrogens is 434 g/mol. The van der Waals surface area contributed by atoms with Gasteiger partial charge in [0.2, 0.25) is 11.8 Å². The van der Waals surface area contributed by atoms with Gasteiger partial charge in [0.1, 0.15) is 5.75 Å². The van der Waals surface area contributed by atoms with E-state index in [1.54, 1.807) is 17.1 Å². The Hall–Kier alpha value is -3.45. The number of amides is 2. The number of rotatable bonds is 7. The minimum atomic E-state index is -0.114. The van der Waals surface area contributed by atoms with Crippen LogP contribution in [0.3, 0.4) is 0 Å². The summed E-state index contributed by atoms with van der Waals surface area (Å²) >= 11 is 1.37. The van der Waals surface area contributed by atoms with Gasteiger partial charge in [0.05, 0.1) is 24.0 Å². The molecule has 0 saturated carbocycles. The third-order valence-electron chi connectivity index (χ3n) is 5.54. The molecule has 0 spiro atoms. The molecule has 1 atom stereocenters. The van der Waals surface area contributed by atoms with Gasteiger partial charge < -0.3 is 9.64 Å². The number of para-hydroxylation sites is 1. The predicted octanol–water partition coefficient (Wildman–Crippen LogP) is 5.60. The Labute approximate surface area is 198 Å². The van der Waals surface area contributed by atoms with Gasteiger partial charge in [-0.2, -0.15) is 0 Å². The highest BCUT2D eigenvalue weighted by atomic mass is 32.1. The number of carbonyl (C=O) groups is 2. The number of carbonyl (C=O) groups excluding carboxylic acids is 2. The summed E-state index contributed by atoms with van der Waals surface area (Å²) in [6.45, 7) is 4.84. The summed E-state index contributed by atoms with van der Waals surface area (Å²) in [5, 5.41) is 2.43. The van der Waals surface area contributed by atoms with Crippen molar-refractivity contribution < 1.29 is 14.3 Å². The molecule has 1 unspecified atom stereocenters. The summed E-state index contributed by atoms with van der Waals surface area (Å²) in [5.74, 6) is 0.691. The number of hydrogen-bond acceptors (Lipinski definition) is 5. The lowest BCUT2D eigenvalue weighted by Crippen LogP contribution is -2.28. The highest BCUT2D eigenvalue weighted by molar-refractivity contribution is 7.14. The van der Waals surface area contributed by atoms with Crippen molar-refractivity contribution in [1.29, 1.82) is 0 Å². The van der Waals surface area contributed by atoms with Crippen LogP contribution in [0.15, 0.2) is 66.1 Å². The summed E-state index contributed by atoms with van der Waals surface area (Å²) in [7, 11) is 0. The largest absolute Gasteiger partial charge is 0.494 e. The van der Waals surface area contributed by atoms with E-state index in [0.717, 1.165) is 36.4 Å². The highest BCUT2D eigenvalue weighted by Gasteiger charge is 2.28. The van der Waals surface area contributed by atoms with Gasteiger partial charge >= 0.3 is 0 Å². The first-order valence-electron chi connectivity index (χ1n) is 11.1. The number of anilines is 2. The predicted molar refractivity (Wildman–Crippen MR) is 132 cm³/mol. The van der Waals surface area contributed by atoms with Crippen molar-refractivity contribution in [2.24, 2.45) is 0 Å². The van der Waals surface area contributed by atoms with E-state index < -0.39 is 0 Å². The molecule has 1 aliphatic rings. The number of benzene rings is 2. The smallest absolute Gasteiger partial charge is 0.247 e. The van der Waals surface area contributed by atoms with Gasteiger partial charge in [-0.05, 0) is 55.7 Å². The van der Waals surface area contributed by atoms with Crippen molar-refractivity contribution in [3.63, 3.8) is 0 Å². The fourth-order valence-corrected chi connectivity index (χ4v) is 4.90. The average Bonchev–Trinajstić information content (AvgIpc) is 3.49. The zero-order chi connectivity index (χ0) is 23.2. The van der Waals surface area contributed by atoms with Crippen molar-refractivity contribution >= 4 is 40.0 Å². The van der Waals surface area contributed by atoms with E-state index >= 15 is 0 Å². The summed E-state index contributed by atoms with van der Waals surface area (Å²) in [6.07, 6.45) is 5.22. The average molecular weight is 462 g/mol. The van der Waals surface area contributed by atoms with E-state index in [4.69, 9.17) is 4.74 Å². The van der Waals surface area contributed by atoms with Crippen LogP contribution >= 0.6 is 11.3 Å². The van der Waals surface area contributed by atoms with Crippen molar-refractivity contribution in [3.05, 3.63) is 77.3 Å². The molecule has 2 heterocycles. The normalized spacial score (nSPS) is 15.7. The molecule has 2 amide bonds. The van der Waals surface area contributed by atoms with Gasteiger partial charge in [0.25, 0.3) is 0 Å². The molecule has 0 aliphatic carbocycles. The maximum Gasteiger partial charge on any atom is 0.247 e. The molecule has 0 bridgehead atoms. The summed E-state index contributed by atoms with van der Waals surface area (Å²) < 4.78 is 5.52. The van der Waals surface area contributed by atoms with Crippen LogP contribution in [-0.4, -0.2) is 34.8 Å². The lowest BCUT2D eigenvalue weighted by Gasteiger charge is -2.24. The lowest BCUT2D eigenvalue weighted by atomic mass is 10.0. The van der Waals surface area contributed by atoms with E-state index in [-0.39, 0.29) is 17.9 Å². The topological polar surface area (TPSA) is 62.7 Å². The standard InChI is InChI=1S/C26H27N3O3S/c1-3-32-23-14-11-20(12-15-23)24-10-7-17-28(24)25(31)16-13-21-18-33-26(27-21)29(19(2)30)22-8-5-4-6-9-22/h4-6,8-9,11-16,18,24H,3,7,10,17H2,1-2H3/b16-13+. The van der Waals surface area contributed by atoms with E-state index in [1.807, 2.05) is 71.8 Å². The molecule has 3 aromatic rings. The first kappa shape index (κ1) is 22.7. The Morgan fingerprint density at radius 1 is 1.18 bits per heavy atom. The molecule has 4 rings (SSSR count). The molecule has 2 aromatic carbocycles.